The van der Waals surface area contributed by atoms with Crippen LogP contribution in [0.2, 0.25) is 0 Å². The summed E-state index contributed by atoms with van der Waals surface area (Å²) in [4.78, 5) is 8.93. The van der Waals surface area contributed by atoms with Crippen LogP contribution in [0, 0.1) is 0 Å². The number of hydrogen-bond acceptors (Lipinski definition) is 4. The number of halogens is 2. The molecule has 0 aliphatic rings. The van der Waals surface area contributed by atoms with E-state index in [1.165, 1.54) is 0 Å². The lowest BCUT2D eigenvalue weighted by atomic mass is 10.0. The van der Waals surface area contributed by atoms with Crippen LogP contribution in [0.1, 0.15) is 22.3 Å². The quantitative estimate of drug-likeness (QED) is 0.236. The van der Waals surface area contributed by atoms with Crippen LogP contribution in [-0.4, -0.2) is 22.6 Å². The molecule has 0 bridgehead atoms. The van der Waals surface area contributed by atoms with Gasteiger partial charge in [-0.25, -0.2) is 0 Å². The van der Waals surface area contributed by atoms with E-state index in [0.29, 0.717) is 17.5 Å². The van der Waals surface area contributed by atoms with Crippen molar-refractivity contribution < 1.29 is 10.2 Å². The normalized spacial score (nSPS) is 11.5. The monoisotopic (exact) mass is 562 g/mol. The molecule has 4 rings (SSSR count). The van der Waals surface area contributed by atoms with Gasteiger partial charge in [-0.15, -0.1) is 0 Å². The van der Waals surface area contributed by atoms with Gasteiger partial charge in [0.1, 0.15) is 11.5 Å². The predicted octanol–water partition coefficient (Wildman–Crippen LogP) is 7.71. The summed E-state index contributed by atoms with van der Waals surface area (Å²) in [7, 11) is 0. The molecular weight excluding hydrogens is 544 g/mol. The molecule has 0 spiro atoms. The van der Waals surface area contributed by atoms with Gasteiger partial charge in [-0.3, -0.25) is 9.98 Å². The lowest BCUT2D eigenvalue weighted by Gasteiger charge is -2.07. The van der Waals surface area contributed by atoms with Crippen molar-refractivity contribution >= 4 is 55.7 Å². The lowest BCUT2D eigenvalue weighted by Crippen LogP contribution is -1.93. The van der Waals surface area contributed by atoms with Crippen LogP contribution < -0.4 is 0 Å². The summed E-state index contributed by atoms with van der Waals surface area (Å²) < 4.78 is 1.89. The molecule has 0 aliphatic carbocycles. The Labute approximate surface area is 209 Å². The van der Waals surface area contributed by atoms with Gasteiger partial charge in [-0.2, -0.15) is 0 Å². The Morgan fingerprint density at radius 2 is 1.06 bits per heavy atom. The minimum atomic E-state index is 0.171. The number of rotatable bonds is 6. The molecule has 0 heterocycles. The van der Waals surface area contributed by atoms with Crippen molar-refractivity contribution in [3.8, 4) is 11.5 Å². The summed E-state index contributed by atoms with van der Waals surface area (Å²) in [5.41, 5.74) is 4.91. The standard InChI is InChI=1S/C27H20Br2N2O2/c28-22-3-1-5-24(14-22)30-16-20-12-18(7-9-26(20)32)11-19-8-10-27(33)21(13-19)17-31-25-6-2-4-23(29)15-25/h1-10,12-17,32-33H,11H2. The third-order valence-electron chi connectivity index (χ3n) is 4.91. The van der Waals surface area contributed by atoms with E-state index in [1.54, 1.807) is 24.6 Å². The summed E-state index contributed by atoms with van der Waals surface area (Å²) in [6, 6.07) is 26.3. The Morgan fingerprint density at radius 3 is 1.48 bits per heavy atom. The largest absolute Gasteiger partial charge is 0.507 e. The van der Waals surface area contributed by atoms with Gasteiger partial charge in [0.15, 0.2) is 0 Å². The third-order valence-corrected chi connectivity index (χ3v) is 5.90. The van der Waals surface area contributed by atoms with Gasteiger partial charge in [0.05, 0.1) is 11.4 Å². The zero-order valence-corrected chi connectivity index (χ0v) is 20.7. The molecule has 0 aliphatic heterocycles. The minimum Gasteiger partial charge on any atom is -0.507 e. The maximum Gasteiger partial charge on any atom is 0.124 e. The van der Waals surface area contributed by atoms with E-state index in [-0.39, 0.29) is 11.5 Å². The van der Waals surface area contributed by atoms with E-state index in [0.717, 1.165) is 31.4 Å². The molecular formula is C27H20Br2N2O2. The van der Waals surface area contributed by atoms with E-state index in [1.807, 2.05) is 72.8 Å². The first kappa shape index (κ1) is 23.0. The molecule has 0 atom stereocenters. The van der Waals surface area contributed by atoms with Crippen molar-refractivity contribution in [2.24, 2.45) is 9.98 Å². The van der Waals surface area contributed by atoms with E-state index in [4.69, 9.17) is 0 Å². The van der Waals surface area contributed by atoms with Gasteiger partial charge in [0, 0.05) is 32.5 Å². The molecule has 0 amide bonds. The first-order valence-electron chi connectivity index (χ1n) is 10.2. The minimum absolute atomic E-state index is 0.171. The Hall–Kier alpha value is -3.22. The van der Waals surface area contributed by atoms with Crippen molar-refractivity contribution in [2.75, 3.05) is 0 Å². The lowest BCUT2D eigenvalue weighted by molar-refractivity contribution is 0.474. The van der Waals surface area contributed by atoms with Crippen molar-refractivity contribution in [1.82, 2.24) is 0 Å². The van der Waals surface area contributed by atoms with Crippen molar-refractivity contribution in [1.29, 1.82) is 0 Å². The first-order chi connectivity index (χ1) is 16.0. The molecule has 164 valence electrons. The van der Waals surface area contributed by atoms with Crippen LogP contribution in [0.4, 0.5) is 11.4 Å². The number of benzene rings is 4. The molecule has 0 saturated carbocycles. The van der Waals surface area contributed by atoms with Crippen LogP contribution in [0.15, 0.2) is 104 Å². The predicted molar refractivity (Wildman–Crippen MR) is 142 cm³/mol. The van der Waals surface area contributed by atoms with Gasteiger partial charge in [-0.05, 0) is 78.2 Å². The molecule has 0 unspecified atom stereocenters. The number of nitrogens with zero attached hydrogens (tertiary/aromatic N) is 2. The summed E-state index contributed by atoms with van der Waals surface area (Å²) in [5, 5.41) is 20.5. The van der Waals surface area contributed by atoms with Gasteiger partial charge < -0.3 is 10.2 Å². The molecule has 4 nitrogen and oxygen atoms in total. The smallest absolute Gasteiger partial charge is 0.124 e. The summed E-state index contributed by atoms with van der Waals surface area (Å²) >= 11 is 6.87. The molecule has 4 aromatic rings. The molecule has 33 heavy (non-hydrogen) atoms. The van der Waals surface area contributed by atoms with E-state index in [2.05, 4.69) is 41.8 Å². The second-order valence-electron chi connectivity index (χ2n) is 7.44. The summed E-state index contributed by atoms with van der Waals surface area (Å²) in [6.07, 6.45) is 3.96. The highest BCUT2D eigenvalue weighted by Crippen LogP contribution is 2.24. The third kappa shape index (κ3) is 6.40. The van der Waals surface area contributed by atoms with E-state index in [9.17, 15) is 10.2 Å². The number of phenols is 2. The molecule has 0 saturated heterocycles. The zero-order chi connectivity index (χ0) is 23.2. The Kier molecular flexibility index (Phi) is 7.37. The average Bonchev–Trinajstić information content (AvgIpc) is 2.80. The van der Waals surface area contributed by atoms with Gasteiger partial charge in [0.2, 0.25) is 0 Å². The maximum absolute atomic E-state index is 10.3. The van der Waals surface area contributed by atoms with Crippen LogP contribution in [0.25, 0.3) is 0 Å². The fraction of sp³-hybridized carbons (Fsp3) is 0.0370. The first-order valence-corrected chi connectivity index (χ1v) is 11.8. The Bertz CT molecular complexity index is 1250. The Balaban J connectivity index is 1.54. The highest BCUT2D eigenvalue weighted by atomic mass is 79.9. The van der Waals surface area contributed by atoms with Crippen molar-refractivity contribution in [2.45, 2.75) is 6.42 Å². The topological polar surface area (TPSA) is 65.2 Å². The summed E-state index contributed by atoms with van der Waals surface area (Å²) in [6.45, 7) is 0. The van der Waals surface area contributed by atoms with Gasteiger partial charge in [-0.1, -0.05) is 56.1 Å². The zero-order valence-electron chi connectivity index (χ0n) is 17.5. The van der Waals surface area contributed by atoms with Crippen LogP contribution in [0.3, 0.4) is 0 Å². The highest BCUT2D eigenvalue weighted by molar-refractivity contribution is 9.10. The van der Waals surface area contributed by atoms with Crippen LogP contribution in [-0.2, 0) is 6.42 Å². The second kappa shape index (κ2) is 10.6. The van der Waals surface area contributed by atoms with E-state index < -0.39 is 0 Å². The second-order valence-corrected chi connectivity index (χ2v) is 9.27. The summed E-state index contributed by atoms with van der Waals surface area (Å²) in [5.74, 6) is 0.343. The maximum atomic E-state index is 10.3. The van der Waals surface area contributed by atoms with Crippen molar-refractivity contribution in [3.63, 3.8) is 0 Å². The fourth-order valence-corrected chi connectivity index (χ4v) is 4.05. The number of aromatic hydroxyl groups is 2. The molecule has 4 aromatic carbocycles. The van der Waals surface area contributed by atoms with Crippen LogP contribution in [0.5, 0.6) is 11.5 Å². The molecule has 2 N–H and O–H groups in total. The molecule has 0 fully saturated rings. The molecule has 6 heteroatoms. The SMILES string of the molecule is Oc1ccc(Cc2ccc(O)c(C=Nc3cccc(Br)c3)c2)cc1C=Nc1cccc(Br)c1. The average molecular weight is 564 g/mol. The molecule has 0 radical (unpaired) electrons. The highest BCUT2D eigenvalue weighted by Gasteiger charge is 2.06. The Morgan fingerprint density at radius 1 is 0.606 bits per heavy atom. The number of phenolic OH excluding ortho intramolecular Hbond substituents is 2. The van der Waals surface area contributed by atoms with Gasteiger partial charge in [0.25, 0.3) is 0 Å². The number of aliphatic imine (C=N–C) groups is 2. The molecule has 0 aromatic heterocycles. The van der Waals surface area contributed by atoms with Crippen LogP contribution >= 0.6 is 31.9 Å². The number of hydrogen-bond donors (Lipinski definition) is 2. The van der Waals surface area contributed by atoms with Gasteiger partial charge >= 0.3 is 0 Å². The fourth-order valence-electron chi connectivity index (χ4n) is 3.27. The van der Waals surface area contributed by atoms with Crippen molar-refractivity contribution in [3.05, 3.63) is 116 Å². The van der Waals surface area contributed by atoms with E-state index >= 15 is 0 Å².